The summed E-state index contributed by atoms with van der Waals surface area (Å²) in [4.78, 5) is 11.0. The van der Waals surface area contributed by atoms with Gasteiger partial charge in [-0.3, -0.25) is 0 Å². The number of halogens is 1. The van der Waals surface area contributed by atoms with Crippen molar-refractivity contribution in [1.82, 2.24) is 0 Å². The molecule has 0 aromatic heterocycles. The zero-order valence-corrected chi connectivity index (χ0v) is 8.12. The minimum absolute atomic E-state index is 0.0526. The maximum Gasteiger partial charge on any atom is 0.340 e. The van der Waals surface area contributed by atoms with Crippen molar-refractivity contribution < 1.29 is 18.7 Å². The highest BCUT2D eigenvalue weighted by molar-refractivity contribution is 5.89. The van der Waals surface area contributed by atoms with Gasteiger partial charge in [-0.25, -0.2) is 9.18 Å². The summed E-state index contributed by atoms with van der Waals surface area (Å²) in [5.74, 6) is 1.10. The fourth-order valence-electron chi connectivity index (χ4n) is 0.986. The Kier molecular flexibility index (Phi) is 3.69. The van der Waals surface area contributed by atoms with E-state index in [1.807, 2.05) is 0 Å². The average molecular weight is 208 g/mol. The molecule has 0 saturated carbocycles. The van der Waals surface area contributed by atoms with Crippen LogP contribution in [0.2, 0.25) is 0 Å². The van der Waals surface area contributed by atoms with Gasteiger partial charge >= 0.3 is 5.97 Å². The van der Waals surface area contributed by atoms with Crippen LogP contribution in [-0.2, 0) is 4.74 Å². The van der Waals surface area contributed by atoms with Crippen LogP contribution in [0.3, 0.4) is 0 Å². The summed E-state index contributed by atoms with van der Waals surface area (Å²) in [6.07, 6.45) is 4.97. The van der Waals surface area contributed by atoms with E-state index in [1.54, 1.807) is 0 Å². The summed E-state index contributed by atoms with van der Waals surface area (Å²) in [6.45, 7) is 0.0526. The molecule has 0 saturated heterocycles. The first-order chi connectivity index (χ1) is 7.19. The van der Waals surface area contributed by atoms with Crippen LogP contribution in [0.4, 0.5) is 4.39 Å². The molecule has 0 spiro atoms. The van der Waals surface area contributed by atoms with Crippen LogP contribution in [0.1, 0.15) is 10.4 Å². The van der Waals surface area contributed by atoms with E-state index in [-0.39, 0.29) is 17.9 Å². The third kappa shape index (κ3) is 2.71. The molecule has 15 heavy (non-hydrogen) atoms. The first-order valence-corrected chi connectivity index (χ1v) is 4.13. The molecule has 0 fully saturated rings. The summed E-state index contributed by atoms with van der Waals surface area (Å²) in [7, 11) is 1.19. The van der Waals surface area contributed by atoms with Gasteiger partial charge in [-0.15, -0.1) is 6.42 Å². The van der Waals surface area contributed by atoms with Crippen molar-refractivity contribution in [2.24, 2.45) is 0 Å². The van der Waals surface area contributed by atoms with Crippen molar-refractivity contribution in [3.8, 4) is 18.1 Å². The lowest BCUT2D eigenvalue weighted by Gasteiger charge is -2.04. The van der Waals surface area contributed by atoms with Crippen LogP contribution in [0.5, 0.6) is 5.75 Å². The van der Waals surface area contributed by atoms with Gasteiger partial charge in [0.2, 0.25) is 0 Å². The van der Waals surface area contributed by atoms with Gasteiger partial charge in [0, 0.05) is 6.07 Å². The van der Waals surface area contributed by atoms with Crippen molar-refractivity contribution in [1.29, 1.82) is 0 Å². The van der Waals surface area contributed by atoms with Crippen molar-refractivity contribution in [3.63, 3.8) is 0 Å². The van der Waals surface area contributed by atoms with Crippen LogP contribution < -0.4 is 4.74 Å². The standard InChI is InChI=1S/C11H9FO3/c1-3-6-15-8-4-5-9(10(12)7-8)11(13)14-2/h1,4-5,7H,6H2,2H3. The predicted molar refractivity (Wildman–Crippen MR) is 52.1 cm³/mol. The summed E-state index contributed by atoms with van der Waals surface area (Å²) in [6, 6.07) is 3.82. The number of terminal acetylenes is 1. The fourth-order valence-corrected chi connectivity index (χ4v) is 0.986. The molecule has 0 unspecified atom stereocenters. The predicted octanol–water partition coefficient (Wildman–Crippen LogP) is 1.62. The molecular weight excluding hydrogens is 199 g/mol. The molecule has 1 aromatic rings. The topological polar surface area (TPSA) is 35.5 Å². The van der Waals surface area contributed by atoms with E-state index in [2.05, 4.69) is 10.7 Å². The third-order valence-electron chi connectivity index (χ3n) is 1.67. The lowest BCUT2D eigenvalue weighted by Crippen LogP contribution is -2.04. The summed E-state index contributed by atoms with van der Waals surface area (Å²) < 4.78 is 22.6. The maximum atomic E-state index is 13.3. The van der Waals surface area contributed by atoms with Gasteiger partial charge in [0.05, 0.1) is 12.7 Å². The molecule has 0 aliphatic heterocycles. The van der Waals surface area contributed by atoms with Gasteiger partial charge in [0.25, 0.3) is 0 Å². The first kappa shape index (κ1) is 11.1. The van der Waals surface area contributed by atoms with Crippen LogP contribution in [0.15, 0.2) is 18.2 Å². The molecule has 0 N–H and O–H groups in total. The Morgan fingerprint density at radius 2 is 2.33 bits per heavy atom. The Morgan fingerprint density at radius 1 is 1.60 bits per heavy atom. The number of esters is 1. The van der Waals surface area contributed by atoms with E-state index in [0.29, 0.717) is 0 Å². The SMILES string of the molecule is C#CCOc1ccc(C(=O)OC)c(F)c1. The fraction of sp³-hybridized carbons (Fsp3) is 0.182. The van der Waals surface area contributed by atoms with E-state index in [0.717, 1.165) is 6.07 Å². The Labute approximate surface area is 86.8 Å². The van der Waals surface area contributed by atoms with Gasteiger partial charge in [0.15, 0.2) is 0 Å². The molecule has 0 amide bonds. The Balaban J connectivity index is 2.89. The molecule has 0 radical (unpaired) electrons. The number of hydrogen-bond acceptors (Lipinski definition) is 3. The zero-order valence-electron chi connectivity index (χ0n) is 8.12. The van der Waals surface area contributed by atoms with Crippen molar-refractivity contribution in [3.05, 3.63) is 29.6 Å². The van der Waals surface area contributed by atoms with Gasteiger partial charge in [-0.1, -0.05) is 5.92 Å². The number of carbonyl (C=O) groups excluding carboxylic acids is 1. The number of rotatable bonds is 3. The van der Waals surface area contributed by atoms with Crippen molar-refractivity contribution in [2.45, 2.75) is 0 Å². The average Bonchev–Trinajstić information content (AvgIpc) is 2.25. The Morgan fingerprint density at radius 3 is 2.87 bits per heavy atom. The van der Waals surface area contributed by atoms with E-state index >= 15 is 0 Å². The van der Waals surface area contributed by atoms with Crippen LogP contribution in [0, 0.1) is 18.2 Å². The third-order valence-corrected chi connectivity index (χ3v) is 1.67. The lowest BCUT2D eigenvalue weighted by atomic mass is 10.2. The Hall–Kier alpha value is -2.02. The molecule has 1 rings (SSSR count). The second-order valence-electron chi connectivity index (χ2n) is 2.63. The summed E-state index contributed by atoms with van der Waals surface area (Å²) in [5, 5.41) is 0. The second kappa shape index (κ2) is 5.01. The van der Waals surface area contributed by atoms with Gasteiger partial charge in [-0.2, -0.15) is 0 Å². The largest absolute Gasteiger partial charge is 0.481 e. The first-order valence-electron chi connectivity index (χ1n) is 4.13. The highest BCUT2D eigenvalue weighted by atomic mass is 19.1. The maximum absolute atomic E-state index is 13.3. The van der Waals surface area contributed by atoms with Crippen LogP contribution >= 0.6 is 0 Å². The molecule has 0 atom stereocenters. The minimum Gasteiger partial charge on any atom is -0.481 e. The molecule has 4 heteroatoms. The van der Waals surface area contributed by atoms with Crippen molar-refractivity contribution >= 4 is 5.97 Å². The molecule has 0 aliphatic carbocycles. The molecular formula is C11H9FO3. The lowest BCUT2D eigenvalue weighted by molar-refractivity contribution is 0.0595. The second-order valence-corrected chi connectivity index (χ2v) is 2.63. The van der Waals surface area contributed by atoms with Crippen LogP contribution in [-0.4, -0.2) is 19.7 Å². The monoisotopic (exact) mass is 208 g/mol. The zero-order chi connectivity index (χ0) is 11.3. The van der Waals surface area contributed by atoms with E-state index in [4.69, 9.17) is 11.2 Å². The number of benzene rings is 1. The molecule has 0 bridgehead atoms. The minimum atomic E-state index is -0.726. The Bertz CT molecular complexity index is 407. The number of carbonyl (C=O) groups is 1. The van der Waals surface area contributed by atoms with Gasteiger partial charge < -0.3 is 9.47 Å². The quantitative estimate of drug-likeness (QED) is 0.559. The summed E-state index contributed by atoms with van der Waals surface area (Å²) in [5.41, 5.74) is -0.134. The smallest absolute Gasteiger partial charge is 0.340 e. The van der Waals surface area contributed by atoms with Crippen molar-refractivity contribution in [2.75, 3.05) is 13.7 Å². The molecule has 0 heterocycles. The number of ether oxygens (including phenoxy) is 2. The van der Waals surface area contributed by atoms with E-state index < -0.39 is 11.8 Å². The molecule has 78 valence electrons. The highest BCUT2D eigenvalue weighted by Gasteiger charge is 2.12. The van der Waals surface area contributed by atoms with Gasteiger partial charge in [-0.05, 0) is 12.1 Å². The number of hydrogen-bond donors (Lipinski definition) is 0. The van der Waals surface area contributed by atoms with E-state index in [1.165, 1.54) is 19.2 Å². The number of methoxy groups -OCH3 is 1. The molecule has 3 nitrogen and oxygen atoms in total. The van der Waals surface area contributed by atoms with Gasteiger partial charge in [0.1, 0.15) is 18.2 Å². The van der Waals surface area contributed by atoms with Crippen LogP contribution in [0.25, 0.3) is 0 Å². The normalized spacial score (nSPS) is 9.13. The molecule has 1 aromatic carbocycles. The molecule has 0 aliphatic rings. The van der Waals surface area contributed by atoms with E-state index in [9.17, 15) is 9.18 Å². The summed E-state index contributed by atoms with van der Waals surface area (Å²) >= 11 is 0. The highest BCUT2D eigenvalue weighted by Crippen LogP contribution is 2.17.